The van der Waals surface area contributed by atoms with Crippen molar-refractivity contribution in [3.63, 3.8) is 0 Å². The fraction of sp³-hybridized carbons (Fsp3) is 0.611. The van der Waals surface area contributed by atoms with Gasteiger partial charge in [0.25, 0.3) is 0 Å². The maximum Gasteiger partial charge on any atom is 0.191 e. The van der Waals surface area contributed by atoms with Gasteiger partial charge in [-0.05, 0) is 68.9 Å². The minimum absolute atomic E-state index is 0. The standard InChI is InChI=1S/C18H30FN3OS.HI/c1-3-20-18(22-13-5-7-15-24-2)21-12-4-6-14-23-17-10-8-16(19)9-11-17;/h8-11H,3-7,12-15H2,1-2H3,(H2,20,21,22);1H. The lowest BCUT2D eigenvalue weighted by Crippen LogP contribution is -2.38. The highest BCUT2D eigenvalue weighted by molar-refractivity contribution is 14.0. The van der Waals surface area contributed by atoms with Crippen LogP contribution in [0.4, 0.5) is 4.39 Å². The summed E-state index contributed by atoms with van der Waals surface area (Å²) in [5, 5.41) is 6.61. The molecule has 4 nitrogen and oxygen atoms in total. The molecule has 0 radical (unpaired) electrons. The fourth-order valence-corrected chi connectivity index (χ4v) is 2.54. The first kappa shape index (κ1) is 24.3. The molecular weight excluding hydrogens is 452 g/mol. The van der Waals surface area contributed by atoms with Crippen molar-refractivity contribution < 1.29 is 9.13 Å². The second kappa shape index (κ2) is 16.8. The van der Waals surface area contributed by atoms with Crippen LogP contribution >= 0.6 is 35.7 Å². The molecule has 0 heterocycles. The van der Waals surface area contributed by atoms with Crippen LogP contribution in [0.1, 0.15) is 32.6 Å². The molecule has 1 aromatic carbocycles. The average Bonchev–Trinajstić information content (AvgIpc) is 2.59. The SMILES string of the molecule is CCNC(=NCCCCSC)NCCCCOc1ccc(F)cc1.I. The molecule has 0 unspecified atom stereocenters. The second-order valence-corrected chi connectivity index (χ2v) is 6.38. The van der Waals surface area contributed by atoms with Crippen molar-refractivity contribution in [3.05, 3.63) is 30.1 Å². The monoisotopic (exact) mass is 483 g/mol. The summed E-state index contributed by atoms with van der Waals surface area (Å²) in [5.41, 5.74) is 0. The van der Waals surface area contributed by atoms with Gasteiger partial charge >= 0.3 is 0 Å². The molecular formula is C18H31FIN3OS. The van der Waals surface area contributed by atoms with E-state index >= 15 is 0 Å². The van der Waals surface area contributed by atoms with Crippen LogP contribution < -0.4 is 15.4 Å². The van der Waals surface area contributed by atoms with Gasteiger partial charge in [-0.1, -0.05) is 0 Å². The number of ether oxygens (including phenoxy) is 1. The number of hydrogen-bond donors (Lipinski definition) is 2. The van der Waals surface area contributed by atoms with E-state index in [0.29, 0.717) is 12.4 Å². The van der Waals surface area contributed by atoms with Crippen molar-refractivity contribution in [1.29, 1.82) is 0 Å². The van der Waals surface area contributed by atoms with E-state index in [9.17, 15) is 4.39 Å². The van der Waals surface area contributed by atoms with Gasteiger partial charge in [-0.15, -0.1) is 24.0 Å². The van der Waals surface area contributed by atoms with Crippen molar-refractivity contribution in [3.8, 4) is 5.75 Å². The lowest BCUT2D eigenvalue weighted by molar-refractivity contribution is 0.306. The fourth-order valence-electron chi connectivity index (χ4n) is 2.05. The maximum absolute atomic E-state index is 12.8. The molecule has 2 N–H and O–H groups in total. The summed E-state index contributed by atoms with van der Waals surface area (Å²) >= 11 is 1.88. The number of thioether (sulfide) groups is 1. The zero-order chi connectivity index (χ0) is 17.5. The van der Waals surface area contributed by atoms with Crippen LogP contribution in [0.25, 0.3) is 0 Å². The minimum Gasteiger partial charge on any atom is -0.494 e. The molecule has 1 aromatic rings. The van der Waals surface area contributed by atoms with Crippen molar-refractivity contribution in [1.82, 2.24) is 10.6 Å². The summed E-state index contributed by atoms with van der Waals surface area (Å²) in [6.45, 7) is 5.30. The first-order valence-corrected chi connectivity index (χ1v) is 10.0. The first-order valence-electron chi connectivity index (χ1n) is 8.65. The molecule has 0 atom stereocenters. The van der Waals surface area contributed by atoms with Crippen LogP contribution in [0.2, 0.25) is 0 Å². The van der Waals surface area contributed by atoms with Gasteiger partial charge in [-0.3, -0.25) is 4.99 Å². The number of nitrogens with one attached hydrogen (secondary N) is 2. The Morgan fingerprint density at radius 2 is 1.88 bits per heavy atom. The molecule has 0 fully saturated rings. The molecule has 0 aliphatic carbocycles. The number of nitrogens with zero attached hydrogens (tertiary/aromatic N) is 1. The van der Waals surface area contributed by atoms with E-state index in [1.54, 1.807) is 12.1 Å². The smallest absolute Gasteiger partial charge is 0.191 e. The van der Waals surface area contributed by atoms with Crippen LogP contribution in [0.3, 0.4) is 0 Å². The van der Waals surface area contributed by atoms with Gasteiger partial charge in [0, 0.05) is 19.6 Å². The third kappa shape index (κ3) is 13.2. The van der Waals surface area contributed by atoms with Crippen LogP contribution in [0.15, 0.2) is 29.3 Å². The van der Waals surface area contributed by atoms with Crippen LogP contribution in [-0.2, 0) is 0 Å². The Balaban J connectivity index is 0.00000576. The van der Waals surface area contributed by atoms with Crippen LogP contribution in [-0.4, -0.2) is 44.2 Å². The molecule has 0 aromatic heterocycles. The zero-order valence-electron chi connectivity index (χ0n) is 15.2. The second-order valence-electron chi connectivity index (χ2n) is 5.40. The van der Waals surface area contributed by atoms with Gasteiger partial charge in [0.1, 0.15) is 11.6 Å². The van der Waals surface area contributed by atoms with Gasteiger partial charge in [0.15, 0.2) is 5.96 Å². The molecule has 7 heteroatoms. The number of benzene rings is 1. The van der Waals surface area contributed by atoms with Gasteiger partial charge < -0.3 is 15.4 Å². The lowest BCUT2D eigenvalue weighted by Gasteiger charge is -2.11. The number of unbranched alkanes of at least 4 members (excludes halogenated alkanes) is 2. The molecule has 1 rings (SSSR count). The van der Waals surface area contributed by atoms with Crippen LogP contribution in [0, 0.1) is 5.82 Å². The van der Waals surface area contributed by atoms with E-state index in [-0.39, 0.29) is 29.8 Å². The van der Waals surface area contributed by atoms with Gasteiger partial charge in [-0.2, -0.15) is 11.8 Å². The predicted molar refractivity (Wildman–Crippen MR) is 118 cm³/mol. The summed E-state index contributed by atoms with van der Waals surface area (Å²) in [6.07, 6.45) is 6.41. The summed E-state index contributed by atoms with van der Waals surface area (Å²) in [6, 6.07) is 6.13. The van der Waals surface area contributed by atoms with E-state index in [2.05, 4.69) is 28.8 Å². The van der Waals surface area contributed by atoms with E-state index < -0.39 is 0 Å². The summed E-state index contributed by atoms with van der Waals surface area (Å²) < 4.78 is 18.4. The molecule has 0 aliphatic heterocycles. The van der Waals surface area contributed by atoms with Crippen molar-refractivity contribution in [2.75, 3.05) is 38.2 Å². The normalized spacial score (nSPS) is 10.9. The Hall–Kier alpha value is -0.700. The van der Waals surface area contributed by atoms with E-state index in [4.69, 9.17) is 4.74 Å². The Kier molecular flexibility index (Phi) is 16.3. The number of rotatable bonds is 12. The Morgan fingerprint density at radius 3 is 2.56 bits per heavy atom. The number of hydrogen-bond acceptors (Lipinski definition) is 3. The minimum atomic E-state index is -0.241. The van der Waals surface area contributed by atoms with Gasteiger partial charge in [0.05, 0.1) is 6.61 Å². The topological polar surface area (TPSA) is 45.7 Å². The van der Waals surface area contributed by atoms with E-state index in [1.165, 1.54) is 24.3 Å². The Bertz CT molecular complexity index is 460. The molecule has 0 amide bonds. The zero-order valence-corrected chi connectivity index (χ0v) is 18.4. The summed E-state index contributed by atoms with van der Waals surface area (Å²) in [7, 11) is 0. The largest absolute Gasteiger partial charge is 0.494 e. The van der Waals surface area contributed by atoms with Crippen LogP contribution in [0.5, 0.6) is 5.75 Å². The summed E-state index contributed by atoms with van der Waals surface area (Å²) in [4.78, 5) is 4.58. The maximum atomic E-state index is 12.8. The third-order valence-corrected chi connectivity index (χ3v) is 4.01. The van der Waals surface area contributed by atoms with Gasteiger partial charge in [0.2, 0.25) is 0 Å². The van der Waals surface area contributed by atoms with E-state index in [0.717, 1.165) is 44.9 Å². The number of guanidine groups is 1. The lowest BCUT2D eigenvalue weighted by atomic mass is 10.3. The van der Waals surface area contributed by atoms with Gasteiger partial charge in [-0.25, -0.2) is 4.39 Å². The molecule has 0 spiro atoms. The molecule has 0 saturated heterocycles. The molecule has 144 valence electrons. The highest BCUT2D eigenvalue weighted by atomic mass is 127. The molecule has 25 heavy (non-hydrogen) atoms. The molecule has 0 bridgehead atoms. The van der Waals surface area contributed by atoms with Crippen molar-refractivity contribution >= 4 is 41.7 Å². The Morgan fingerprint density at radius 1 is 1.12 bits per heavy atom. The predicted octanol–water partition coefficient (Wildman–Crippen LogP) is 4.30. The first-order chi connectivity index (χ1) is 11.8. The third-order valence-electron chi connectivity index (χ3n) is 3.32. The summed E-state index contributed by atoms with van der Waals surface area (Å²) in [5.74, 6) is 2.56. The van der Waals surface area contributed by atoms with Crippen molar-refractivity contribution in [2.24, 2.45) is 4.99 Å². The number of aliphatic imine (C=N–C) groups is 1. The highest BCUT2D eigenvalue weighted by Crippen LogP contribution is 2.11. The quantitative estimate of drug-likeness (QED) is 0.202. The molecule has 0 saturated carbocycles. The highest BCUT2D eigenvalue weighted by Gasteiger charge is 1.98. The van der Waals surface area contributed by atoms with E-state index in [1.807, 2.05) is 11.8 Å². The molecule has 0 aliphatic rings. The van der Waals surface area contributed by atoms with Crippen molar-refractivity contribution in [2.45, 2.75) is 32.6 Å². The Labute approximate surface area is 172 Å². The average molecular weight is 483 g/mol. The number of halogens is 2.